The Labute approximate surface area is 208 Å². The quantitative estimate of drug-likeness (QED) is 0.270. The van der Waals surface area contributed by atoms with Crippen LogP contribution in [0.2, 0.25) is 0 Å². The van der Waals surface area contributed by atoms with Gasteiger partial charge in [0.15, 0.2) is 10.9 Å². The van der Waals surface area contributed by atoms with E-state index in [0.29, 0.717) is 23.1 Å². The number of nitrogens with zero attached hydrogens (tertiary/aromatic N) is 6. The number of anilines is 1. The van der Waals surface area contributed by atoms with Gasteiger partial charge in [0.25, 0.3) is 5.91 Å². The number of halogens is 3. The van der Waals surface area contributed by atoms with E-state index in [4.69, 9.17) is 0 Å². The Hall–Kier alpha value is -3.93. The minimum absolute atomic E-state index is 0.158. The summed E-state index contributed by atoms with van der Waals surface area (Å²) in [5.74, 6) is -0.398. The van der Waals surface area contributed by atoms with Crippen molar-refractivity contribution >= 4 is 23.4 Å². The molecule has 5 rings (SSSR count). The van der Waals surface area contributed by atoms with Crippen molar-refractivity contribution in [1.82, 2.24) is 25.0 Å². The zero-order valence-electron chi connectivity index (χ0n) is 18.7. The van der Waals surface area contributed by atoms with E-state index in [2.05, 4.69) is 25.0 Å². The largest absolute Gasteiger partial charge is 0.573 e. The van der Waals surface area contributed by atoms with Crippen molar-refractivity contribution in [3.63, 3.8) is 0 Å². The van der Waals surface area contributed by atoms with Gasteiger partial charge in [0, 0.05) is 30.4 Å². The molecular formula is C24H19F3N6O2S. The molecule has 1 aliphatic rings. The van der Waals surface area contributed by atoms with Gasteiger partial charge in [-0.1, -0.05) is 35.2 Å². The molecule has 0 N–H and O–H groups in total. The summed E-state index contributed by atoms with van der Waals surface area (Å²) in [6.45, 7) is 0.542. The van der Waals surface area contributed by atoms with E-state index >= 15 is 0 Å². The fraction of sp³-hybridized carbons (Fsp3) is 0.208. The second kappa shape index (κ2) is 9.97. The lowest BCUT2D eigenvalue weighted by atomic mass is 10.0. The van der Waals surface area contributed by atoms with Gasteiger partial charge in [-0.3, -0.25) is 4.79 Å². The third-order valence-corrected chi connectivity index (χ3v) is 6.40. The predicted octanol–water partition coefficient (Wildman–Crippen LogP) is 4.84. The maximum Gasteiger partial charge on any atom is 0.573 e. The number of hydrogen-bond acceptors (Lipinski definition) is 7. The molecule has 4 aromatic rings. The van der Waals surface area contributed by atoms with Gasteiger partial charge in [-0.05, 0) is 54.8 Å². The summed E-state index contributed by atoms with van der Waals surface area (Å²) in [4.78, 5) is 23.8. The fourth-order valence-electron chi connectivity index (χ4n) is 3.96. The Morgan fingerprint density at radius 3 is 2.53 bits per heavy atom. The molecule has 0 saturated heterocycles. The number of amides is 1. The van der Waals surface area contributed by atoms with Crippen LogP contribution in [0.25, 0.3) is 5.69 Å². The highest BCUT2D eigenvalue weighted by Gasteiger charge is 2.32. The van der Waals surface area contributed by atoms with Gasteiger partial charge < -0.3 is 9.64 Å². The molecule has 8 nitrogen and oxygen atoms in total. The van der Waals surface area contributed by atoms with Gasteiger partial charge in [-0.2, -0.15) is 0 Å². The highest BCUT2D eigenvalue weighted by molar-refractivity contribution is 7.98. The zero-order valence-corrected chi connectivity index (χ0v) is 19.5. The first-order chi connectivity index (χ1) is 17.4. The topological polar surface area (TPSA) is 86.0 Å². The molecule has 0 fully saturated rings. The van der Waals surface area contributed by atoms with Gasteiger partial charge in [-0.25, -0.2) is 14.6 Å². The van der Waals surface area contributed by atoms with Crippen LogP contribution in [0.3, 0.4) is 0 Å². The number of rotatable bonds is 6. The SMILES string of the molecule is O=C(c1nnn(-c2ccc(OC(F)(F)F)cc2)c1CSc1ncccn1)N1CCCc2ccccc21. The standard InChI is InChI=1S/C24H19F3N6O2S/c25-24(26,27)35-18-10-8-17(9-11-18)33-20(15-36-23-28-12-4-13-29-23)21(30-31-33)22(34)32-14-3-6-16-5-1-2-7-19(16)32/h1-2,4-5,7-13H,3,6,14-15H2. The number of aromatic nitrogens is 5. The molecule has 0 saturated carbocycles. The summed E-state index contributed by atoms with van der Waals surface area (Å²) in [6.07, 6.45) is 0.130. The Balaban J connectivity index is 1.50. The van der Waals surface area contributed by atoms with E-state index in [9.17, 15) is 18.0 Å². The number of para-hydroxylation sites is 1. The van der Waals surface area contributed by atoms with Crippen LogP contribution in [0.5, 0.6) is 5.75 Å². The van der Waals surface area contributed by atoms with Crippen LogP contribution in [0, 0.1) is 0 Å². The van der Waals surface area contributed by atoms with Crippen LogP contribution in [-0.4, -0.2) is 43.8 Å². The minimum Gasteiger partial charge on any atom is -0.406 e. The van der Waals surface area contributed by atoms with E-state index in [0.717, 1.165) is 24.1 Å². The average Bonchev–Trinajstić information content (AvgIpc) is 3.31. The zero-order chi connectivity index (χ0) is 25.1. The number of carbonyl (C=O) groups is 1. The molecule has 0 atom stereocenters. The smallest absolute Gasteiger partial charge is 0.406 e. The van der Waals surface area contributed by atoms with Gasteiger partial charge in [0.2, 0.25) is 0 Å². The Kier molecular flexibility index (Phi) is 6.59. The molecule has 184 valence electrons. The first-order valence-electron chi connectivity index (χ1n) is 11.0. The molecule has 0 unspecified atom stereocenters. The molecule has 3 heterocycles. The van der Waals surface area contributed by atoms with Crippen LogP contribution >= 0.6 is 11.8 Å². The van der Waals surface area contributed by atoms with Crippen LogP contribution in [0.4, 0.5) is 18.9 Å². The lowest BCUT2D eigenvalue weighted by Crippen LogP contribution is -2.36. The Morgan fingerprint density at radius 2 is 1.78 bits per heavy atom. The first-order valence-corrected chi connectivity index (χ1v) is 12.0. The van der Waals surface area contributed by atoms with Crippen molar-refractivity contribution < 1.29 is 22.7 Å². The number of benzene rings is 2. The van der Waals surface area contributed by atoms with Gasteiger partial charge >= 0.3 is 6.36 Å². The van der Waals surface area contributed by atoms with Gasteiger partial charge in [-0.15, -0.1) is 18.3 Å². The second-order valence-electron chi connectivity index (χ2n) is 7.85. The number of hydrogen-bond donors (Lipinski definition) is 0. The van der Waals surface area contributed by atoms with E-state index in [1.165, 1.54) is 40.7 Å². The molecule has 12 heteroatoms. The van der Waals surface area contributed by atoms with Crippen molar-refractivity contribution in [3.8, 4) is 11.4 Å². The molecule has 0 bridgehead atoms. The average molecular weight is 513 g/mol. The van der Waals surface area contributed by atoms with E-state index in [1.807, 2.05) is 24.3 Å². The molecule has 2 aromatic heterocycles. The Bertz CT molecular complexity index is 1360. The van der Waals surface area contributed by atoms with Crippen LogP contribution in [-0.2, 0) is 12.2 Å². The molecule has 2 aromatic carbocycles. The summed E-state index contributed by atoms with van der Waals surface area (Å²) in [6, 6.07) is 14.6. The van der Waals surface area contributed by atoms with Crippen LogP contribution < -0.4 is 9.64 Å². The summed E-state index contributed by atoms with van der Waals surface area (Å²) < 4.78 is 43.1. The summed E-state index contributed by atoms with van der Waals surface area (Å²) in [5.41, 5.74) is 2.98. The number of fused-ring (bicyclic) bond motifs is 1. The monoisotopic (exact) mass is 512 g/mol. The molecule has 0 radical (unpaired) electrons. The van der Waals surface area contributed by atoms with Crippen molar-refractivity contribution in [1.29, 1.82) is 0 Å². The van der Waals surface area contributed by atoms with Gasteiger partial charge in [0.1, 0.15) is 5.75 Å². The summed E-state index contributed by atoms with van der Waals surface area (Å²) >= 11 is 1.29. The fourth-order valence-corrected chi connectivity index (χ4v) is 4.75. The maximum absolute atomic E-state index is 13.7. The van der Waals surface area contributed by atoms with Crippen molar-refractivity contribution in [2.24, 2.45) is 0 Å². The van der Waals surface area contributed by atoms with Crippen molar-refractivity contribution in [2.45, 2.75) is 30.1 Å². The van der Waals surface area contributed by atoms with Crippen LogP contribution in [0.15, 0.2) is 72.1 Å². The summed E-state index contributed by atoms with van der Waals surface area (Å²) in [7, 11) is 0. The normalized spacial score (nSPS) is 13.4. The number of aryl methyl sites for hydroxylation is 1. The third-order valence-electron chi connectivity index (χ3n) is 5.52. The molecule has 1 amide bonds. The highest BCUT2D eigenvalue weighted by atomic mass is 32.2. The lowest BCUT2D eigenvalue weighted by molar-refractivity contribution is -0.274. The van der Waals surface area contributed by atoms with E-state index in [1.54, 1.807) is 23.4 Å². The van der Waals surface area contributed by atoms with Crippen molar-refractivity contribution in [2.75, 3.05) is 11.4 Å². The molecule has 0 aliphatic carbocycles. The lowest BCUT2D eigenvalue weighted by Gasteiger charge is -2.29. The number of ether oxygens (including phenoxy) is 1. The number of alkyl halides is 3. The number of carbonyl (C=O) groups excluding carboxylic acids is 1. The van der Waals surface area contributed by atoms with E-state index < -0.39 is 6.36 Å². The minimum atomic E-state index is -4.80. The molecule has 36 heavy (non-hydrogen) atoms. The molecule has 0 spiro atoms. The predicted molar refractivity (Wildman–Crippen MR) is 126 cm³/mol. The highest BCUT2D eigenvalue weighted by Crippen LogP contribution is 2.30. The van der Waals surface area contributed by atoms with Crippen molar-refractivity contribution in [3.05, 3.63) is 83.9 Å². The van der Waals surface area contributed by atoms with Crippen LogP contribution in [0.1, 0.15) is 28.2 Å². The molecule has 1 aliphatic heterocycles. The maximum atomic E-state index is 13.7. The number of thioether (sulfide) groups is 1. The summed E-state index contributed by atoms with van der Waals surface area (Å²) in [5, 5.41) is 8.87. The van der Waals surface area contributed by atoms with E-state index in [-0.39, 0.29) is 23.1 Å². The first kappa shape index (κ1) is 23.8. The molecular weight excluding hydrogens is 493 g/mol. The third kappa shape index (κ3) is 5.18. The second-order valence-corrected chi connectivity index (χ2v) is 8.79. The van der Waals surface area contributed by atoms with Gasteiger partial charge in [0.05, 0.1) is 11.4 Å². The Morgan fingerprint density at radius 1 is 1.03 bits per heavy atom.